The van der Waals surface area contributed by atoms with Gasteiger partial charge in [-0.3, -0.25) is 0 Å². The van der Waals surface area contributed by atoms with E-state index in [4.69, 9.17) is 5.11 Å². The summed E-state index contributed by atoms with van der Waals surface area (Å²) < 4.78 is 0. The molecule has 0 bridgehead atoms. The first-order valence-electron chi connectivity index (χ1n) is 6.42. The van der Waals surface area contributed by atoms with E-state index in [2.05, 4.69) is 10.6 Å². The number of hydrogen-bond acceptors (Lipinski definition) is 2. The molecule has 1 saturated carbocycles. The number of carboxylic acids is 1. The van der Waals surface area contributed by atoms with Crippen molar-refractivity contribution in [1.82, 2.24) is 10.6 Å². The van der Waals surface area contributed by atoms with Crippen LogP contribution in [-0.2, 0) is 4.79 Å². The average Bonchev–Trinajstić information content (AvgIpc) is 3.21. The van der Waals surface area contributed by atoms with Gasteiger partial charge in [0.2, 0.25) is 0 Å². The lowest BCUT2D eigenvalue weighted by molar-refractivity contribution is -0.139. The highest BCUT2D eigenvalue weighted by molar-refractivity contribution is 5.83. The highest BCUT2D eigenvalue weighted by Crippen LogP contribution is 2.32. The minimum Gasteiger partial charge on any atom is -0.480 e. The van der Waals surface area contributed by atoms with E-state index in [1.54, 1.807) is 0 Å². The Kier molecular flexibility index (Phi) is 4.04. The zero-order chi connectivity index (χ0) is 13.8. The molecule has 2 rings (SSSR count). The number of benzene rings is 1. The molecule has 102 valence electrons. The minimum atomic E-state index is -0.968. The molecule has 1 aromatic carbocycles. The second-order valence-electron chi connectivity index (χ2n) is 4.90. The maximum absolute atomic E-state index is 11.8. The Morgan fingerprint density at radius 1 is 1.21 bits per heavy atom. The molecule has 1 aromatic rings. The van der Waals surface area contributed by atoms with E-state index in [1.807, 2.05) is 37.3 Å². The molecule has 5 nitrogen and oxygen atoms in total. The summed E-state index contributed by atoms with van der Waals surface area (Å²) >= 11 is 0. The van der Waals surface area contributed by atoms with Gasteiger partial charge in [0.25, 0.3) is 0 Å². The summed E-state index contributed by atoms with van der Waals surface area (Å²) in [4.78, 5) is 22.8. The fourth-order valence-electron chi connectivity index (χ4n) is 2.02. The first kappa shape index (κ1) is 13.4. The Hall–Kier alpha value is -2.04. The minimum absolute atomic E-state index is 0.0790. The van der Waals surface area contributed by atoms with Crippen LogP contribution in [0.3, 0.4) is 0 Å². The van der Waals surface area contributed by atoms with Gasteiger partial charge in [0, 0.05) is 0 Å². The number of carbonyl (C=O) groups is 2. The molecule has 1 aliphatic carbocycles. The zero-order valence-electron chi connectivity index (χ0n) is 10.8. The Morgan fingerprint density at radius 2 is 1.84 bits per heavy atom. The highest BCUT2D eigenvalue weighted by Gasteiger charge is 2.37. The normalized spacial score (nSPS) is 17.3. The molecule has 0 saturated heterocycles. The second kappa shape index (κ2) is 5.73. The summed E-state index contributed by atoms with van der Waals surface area (Å²) in [5, 5.41) is 14.3. The monoisotopic (exact) mass is 262 g/mol. The lowest BCUT2D eigenvalue weighted by Gasteiger charge is -2.18. The molecular formula is C14H18N2O3. The van der Waals surface area contributed by atoms with E-state index in [0.29, 0.717) is 0 Å². The van der Waals surface area contributed by atoms with E-state index in [0.717, 1.165) is 18.4 Å². The summed E-state index contributed by atoms with van der Waals surface area (Å²) in [5.41, 5.74) is 0.982. The number of amides is 2. The van der Waals surface area contributed by atoms with Crippen LogP contribution in [0.15, 0.2) is 30.3 Å². The van der Waals surface area contributed by atoms with Crippen molar-refractivity contribution in [3.63, 3.8) is 0 Å². The van der Waals surface area contributed by atoms with Crippen molar-refractivity contribution in [3.8, 4) is 0 Å². The van der Waals surface area contributed by atoms with Crippen molar-refractivity contribution < 1.29 is 14.7 Å². The van der Waals surface area contributed by atoms with Crippen LogP contribution in [0.25, 0.3) is 0 Å². The van der Waals surface area contributed by atoms with Crippen molar-refractivity contribution in [2.75, 3.05) is 0 Å². The second-order valence-corrected chi connectivity index (χ2v) is 4.90. The van der Waals surface area contributed by atoms with Gasteiger partial charge < -0.3 is 15.7 Å². The number of nitrogens with one attached hydrogen (secondary N) is 2. The first-order chi connectivity index (χ1) is 9.08. The van der Waals surface area contributed by atoms with Crippen molar-refractivity contribution >= 4 is 12.0 Å². The number of hydrogen-bond donors (Lipinski definition) is 3. The van der Waals surface area contributed by atoms with Gasteiger partial charge in [-0.25, -0.2) is 9.59 Å². The van der Waals surface area contributed by atoms with Gasteiger partial charge in [-0.05, 0) is 31.2 Å². The summed E-state index contributed by atoms with van der Waals surface area (Å²) in [7, 11) is 0. The Bertz CT molecular complexity index is 457. The largest absolute Gasteiger partial charge is 0.480 e. The van der Waals surface area contributed by atoms with Crippen LogP contribution in [0.5, 0.6) is 0 Å². The van der Waals surface area contributed by atoms with Crippen molar-refractivity contribution in [1.29, 1.82) is 0 Å². The maximum Gasteiger partial charge on any atom is 0.326 e. The number of aliphatic carboxylic acids is 1. The first-order valence-corrected chi connectivity index (χ1v) is 6.42. The van der Waals surface area contributed by atoms with Crippen molar-refractivity contribution in [3.05, 3.63) is 35.9 Å². The Balaban J connectivity index is 1.88. The summed E-state index contributed by atoms with van der Waals surface area (Å²) in [6, 6.07) is 8.17. The van der Waals surface area contributed by atoms with E-state index in [9.17, 15) is 9.59 Å². The molecule has 0 spiro atoms. The predicted molar refractivity (Wildman–Crippen MR) is 70.7 cm³/mol. The molecule has 1 fully saturated rings. The van der Waals surface area contributed by atoms with Crippen molar-refractivity contribution in [2.24, 2.45) is 5.92 Å². The fraction of sp³-hybridized carbons (Fsp3) is 0.429. The smallest absolute Gasteiger partial charge is 0.326 e. The molecular weight excluding hydrogens is 244 g/mol. The predicted octanol–water partition coefficient (Wildman–Crippen LogP) is 1.91. The fourth-order valence-corrected chi connectivity index (χ4v) is 2.02. The standard InChI is InChI=1S/C14H18N2O3/c1-9(10-5-3-2-4-6-10)15-14(19)16-12(13(17)18)11-7-8-11/h2-6,9,11-12H,7-8H2,1H3,(H,17,18)(H2,15,16,19). The van der Waals surface area contributed by atoms with Crippen LogP contribution >= 0.6 is 0 Å². The molecule has 0 heterocycles. The molecule has 5 heteroatoms. The summed E-state index contributed by atoms with van der Waals surface area (Å²) in [5.74, 6) is -0.889. The Labute approximate surface area is 112 Å². The van der Waals surface area contributed by atoms with E-state index >= 15 is 0 Å². The van der Waals surface area contributed by atoms with Gasteiger partial charge in [0.15, 0.2) is 0 Å². The van der Waals surface area contributed by atoms with Crippen LogP contribution in [0.1, 0.15) is 31.4 Å². The van der Waals surface area contributed by atoms with Crippen LogP contribution in [0.2, 0.25) is 0 Å². The lowest BCUT2D eigenvalue weighted by atomic mass is 10.1. The van der Waals surface area contributed by atoms with Crippen LogP contribution in [-0.4, -0.2) is 23.1 Å². The molecule has 0 aliphatic heterocycles. The summed E-state index contributed by atoms with van der Waals surface area (Å²) in [6.45, 7) is 1.86. The molecule has 0 aromatic heterocycles. The molecule has 19 heavy (non-hydrogen) atoms. The summed E-state index contributed by atoms with van der Waals surface area (Å²) in [6.07, 6.45) is 1.73. The van der Waals surface area contributed by atoms with Crippen LogP contribution < -0.4 is 10.6 Å². The zero-order valence-corrected chi connectivity index (χ0v) is 10.8. The van der Waals surface area contributed by atoms with Gasteiger partial charge in [-0.2, -0.15) is 0 Å². The van der Waals surface area contributed by atoms with Gasteiger partial charge in [-0.15, -0.1) is 0 Å². The van der Waals surface area contributed by atoms with Gasteiger partial charge in [0.05, 0.1) is 6.04 Å². The number of carboxylic acid groups (broad SMARTS) is 1. The number of carbonyl (C=O) groups excluding carboxylic acids is 1. The van der Waals surface area contributed by atoms with Crippen LogP contribution in [0, 0.1) is 5.92 Å². The average molecular weight is 262 g/mol. The third-order valence-electron chi connectivity index (χ3n) is 3.29. The molecule has 2 atom stereocenters. The number of rotatable bonds is 5. The third-order valence-corrected chi connectivity index (χ3v) is 3.29. The number of urea groups is 1. The van der Waals surface area contributed by atoms with Crippen LogP contribution in [0.4, 0.5) is 4.79 Å². The maximum atomic E-state index is 11.8. The molecule has 3 N–H and O–H groups in total. The molecule has 2 unspecified atom stereocenters. The van der Waals surface area contributed by atoms with Gasteiger partial charge >= 0.3 is 12.0 Å². The molecule has 0 radical (unpaired) electrons. The lowest BCUT2D eigenvalue weighted by Crippen LogP contribution is -2.47. The third kappa shape index (κ3) is 3.71. The van der Waals surface area contributed by atoms with E-state index < -0.39 is 18.0 Å². The SMILES string of the molecule is CC(NC(=O)NC(C(=O)O)C1CC1)c1ccccc1. The quantitative estimate of drug-likeness (QED) is 0.758. The Morgan fingerprint density at radius 3 is 2.37 bits per heavy atom. The molecule has 1 aliphatic rings. The topological polar surface area (TPSA) is 78.4 Å². The van der Waals surface area contributed by atoms with E-state index in [1.165, 1.54) is 0 Å². The molecule has 2 amide bonds. The van der Waals surface area contributed by atoms with Crippen molar-refractivity contribution in [2.45, 2.75) is 31.8 Å². The van der Waals surface area contributed by atoms with Gasteiger partial charge in [-0.1, -0.05) is 30.3 Å². The van der Waals surface area contributed by atoms with E-state index in [-0.39, 0.29) is 12.0 Å². The highest BCUT2D eigenvalue weighted by atomic mass is 16.4. The van der Waals surface area contributed by atoms with Gasteiger partial charge in [0.1, 0.15) is 6.04 Å².